The van der Waals surface area contributed by atoms with E-state index in [1.807, 2.05) is 0 Å². The minimum atomic E-state index is 1.10. The third kappa shape index (κ3) is 4.84. The van der Waals surface area contributed by atoms with E-state index in [-0.39, 0.29) is 0 Å². The Labute approximate surface area is 192 Å². The van der Waals surface area contributed by atoms with Crippen LogP contribution in [0.5, 0.6) is 0 Å². The molecule has 0 spiro atoms. The Kier molecular flexibility index (Phi) is 6.28. The summed E-state index contributed by atoms with van der Waals surface area (Å²) in [5, 5.41) is 3.61. The van der Waals surface area contributed by atoms with Crippen molar-refractivity contribution in [2.24, 2.45) is 0 Å². The molecule has 0 aromatic heterocycles. The molecule has 4 rings (SSSR count). The molecule has 32 heavy (non-hydrogen) atoms. The minimum Gasteiger partial charge on any atom is -0.355 e. The van der Waals surface area contributed by atoms with Crippen molar-refractivity contribution in [1.29, 1.82) is 0 Å². The topological polar surface area (TPSA) is 12.0 Å². The predicted octanol–water partition coefficient (Wildman–Crippen LogP) is 8.56. The normalized spacial score (nSPS) is 11.5. The van der Waals surface area contributed by atoms with Gasteiger partial charge in [-0.25, -0.2) is 0 Å². The molecule has 0 radical (unpaired) electrons. The van der Waals surface area contributed by atoms with Crippen LogP contribution in [0.4, 0.5) is 11.4 Å². The van der Waals surface area contributed by atoms with Gasteiger partial charge in [-0.15, -0.1) is 0 Å². The van der Waals surface area contributed by atoms with Crippen molar-refractivity contribution in [2.45, 2.75) is 34.6 Å². The lowest BCUT2D eigenvalue weighted by Gasteiger charge is -2.15. The number of benzene rings is 4. The van der Waals surface area contributed by atoms with Gasteiger partial charge in [0.05, 0.1) is 0 Å². The summed E-state index contributed by atoms with van der Waals surface area (Å²) in [6.45, 7) is 10.8. The van der Waals surface area contributed by atoms with E-state index in [2.05, 4.69) is 131 Å². The summed E-state index contributed by atoms with van der Waals surface area (Å²) < 4.78 is 0. The monoisotopic (exact) mass is 417 g/mol. The quantitative estimate of drug-likeness (QED) is 0.321. The van der Waals surface area contributed by atoms with Crippen molar-refractivity contribution in [1.82, 2.24) is 0 Å². The van der Waals surface area contributed by atoms with Crippen molar-refractivity contribution in [3.05, 3.63) is 129 Å². The first-order chi connectivity index (χ1) is 15.4. The Bertz CT molecular complexity index is 1240. The van der Waals surface area contributed by atoms with Crippen LogP contribution in [-0.4, -0.2) is 0 Å². The molecule has 0 aliphatic carbocycles. The molecule has 0 heterocycles. The van der Waals surface area contributed by atoms with Crippen LogP contribution in [-0.2, 0) is 0 Å². The number of hydrogen-bond donors (Lipinski definition) is 1. The van der Waals surface area contributed by atoms with E-state index in [0.717, 1.165) is 5.69 Å². The largest absolute Gasteiger partial charge is 0.355 e. The summed E-state index contributed by atoms with van der Waals surface area (Å²) in [5.41, 5.74) is 13.7. The first-order valence-electron chi connectivity index (χ1n) is 11.2. The molecule has 160 valence electrons. The molecular formula is C31H31N. The van der Waals surface area contributed by atoms with E-state index in [4.69, 9.17) is 0 Å². The van der Waals surface area contributed by atoms with Crippen LogP contribution in [0.1, 0.15) is 44.5 Å². The molecule has 0 aliphatic heterocycles. The fourth-order valence-corrected chi connectivity index (χ4v) is 4.40. The van der Waals surface area contributed by atoms with E-state index in [1.165, 1.54) is 55.8 Å². The standard InChI is InChI=1S/C31H31N/c1-21-11-16-29(23(3)17-21)30(27-9-7-6-8-10-27)20-26-12-14-28(15-13-26)32-31-24(4)18-22(2)19-25(31)5/h6-20,32H,1-5H3. The molecule has 0 aliphatic rings. The molecule has 0 saturated heterocycles. The van der Waals surface area contributed by atoms with Crippen LogP contribution in [0.15, 0.2) is 84.9 Å². The summed E-state index contributed by atoms with van der Waals surface area (Å²) in [7, 11) is 0. The van der Waals surface area contributed by atoms with Crippen LogP contribution in [0.2, 0.25) is 0 Å². The lowest BCUT2D eigenvalue weighted by atomic mass is 9.92. The average molecular weight is 418 g/mol. The van der Waals surface area contributed by atoms with Gasteiger partial charge >= 0.3 is 0 Å². The molecule has 0 saturated carbocycles. The second kappa shape index (κ2) is 9.28. The Morgan fingerprint density at radius 1 is 0.625 bits per heavy atom. The van der Waals surface area contributed by atoms with Gasteiger partial charge in [-0.05, 0) is 91.8 Å². The summed E-state index contributed by atoms with van der Waals surface area (Å²) in [4.78, 5) is 0. The van der Waals surface area contributed by atoms with Crippen molar-refractivity contribution in [3.63, 3.8) is 0 Å². The lowest BCUT2D eigenvalue weighted by molar-refractivity contribution is 1.31. The maximum atomic E-state index is 3.61. The molecule has 4 aromatic rings. The van der Waals surface area contributed by atoms with Crippen molar-refractivity contribution >= 4 is 23.0 Å². The molecule has 4 aromatic carbocycles. The molecule has 0 amide bonds. The summed E-state index contributed by atoms with van der Waals surface area (Å²) in [5.74, 6) is 0. The Morgan fingerprint density at radius 2 is 1.25 bits per heavy atom. The molecule has 0 fully saturated rings. The van der Waals surface area contributed by atoms with Gasteiger partial charge in [0.25, 0.3) is 0 Å². The maximum Gasteiger partial charge on any atom is 0.0443 e. The zero-order chi connectivity index (χ0) is 22.7. The number of aryl methyl sites for hydroxylation is 5. The van der Waals surface area contributed by atoms with Gasteiger partial charge in [-0.2, -0.15) is 0 Å². The zero-order valence-electron chi connectivity index (χ0n) is 19.7. The third-order valence-corrected chi connectivity index (χ3v) is 5.92. The highest BCUT2D eigenvalue weighted by Crippen LogP contribution is 2.30. The summed E-state index contributed by atoms with van der Waals surface area (Å²) >= 11 is 0. The SMILES string of the molecule is Cc1ccc(C(=Cc2ccc(Nc3c(C)cc(C)cc3C)cc2)c2ccccc2)c(C)c1. The van der Waals surface area contributed by atoms with Gasteiger partial charge in [0.15, 0.2) is 0 Å². The highest BCUT2D eigenvalue weighted by molar-refractivity contribution is 5.92. The van der Waals surface area contributed by atoms with E-state index in [1.54, 1.807) is 0 Å². The van der Waals surface area contributed by atoms with Gasteiger partial charge in [-0.1, -0.05) is 83.9 Å². The smallest absolute Gasteiger partial charge is 0.0443 e. The fourth-order valence-electron chi connectivity index (χ4n) is 4.40. The number of hydrogen-bond acceptors (Lipinski definition) is 1. The number of anilines is 2. The highest BCUT2D eigenvalue weighted by Gasteiger charge is 2.09. The third-order valence-electron chi connectivity index (χ3n) is 5.92. The molecule has 0 atom stereocenters. The van der Waals surface area contributed by atoms with Crippen LogP contribution >= 0.6 is 0 Å². The first-order valence-corrected chi connectivity index (χ1v) is 11.2. The van der Waals surface area contributed by atoms with Crippen LogP contribution in [0.3, 0.4) is 0 Å². The highest BCUT2D eigenvalue weighted by atomic mass is 14.9. The summed E-state index contributed by atoms with van der Waals surface area (Å²) in [6.07, 6.45) is 2.29. The van der Waals surface area contributed by atoms with E-state index in [0.29, 0.717) is 0 Å². The zero-order valence-corrected chi connectivity index (χ0v) is 19.7. The molecule has 1 N–H and O–H groups in total. The maximum absolute atomic E-state index is 3.61. The van der Waals surface area contributed by atoms with Crippen molar-refractivity contribution in [2.75, 3.05) is 5.32 Å². The van der Waals surface area contributed by atoms with E-state index >= 15 is 0 Å². The van der Waals surface area contributed by atoms with Crippen LogP contribution in [0.25, 0.3) is 11.6 Å². The van der Waals surface area contributed by atoms with E-state index < -0.39 is 0 Å². The van der Waals surface area contributed by atoms with Crippen LogP contribution < -0.4 is 5.32 Å². The molecular weight excluding hydrogens is 386 g/mol. The van der Waals surface area contributed by atoms with Crippen LogP contribution in [0, 0.1) is 34.6 Å². The second-order valence-corrected chi connectivity index (χ2v) is 8.76. The molecule has 1 heteroatoms. The van der Waals surface area contributed by atoms with Gasteiger partial charge < -0.3 is 5.32 Å². The molecule has 1 nitrogen and oxygen atoms in total. The van der Waals surface area contributed by atoms with Gasteiger partial charge in [-0.3, -0.25) is 0 Å². The molecule has 0 unspecified atom stereocenters. The Morgan fingerprint density at radius 3 is 1.88 bits per heavy atom. The average Bonchev–Trinajstić information content (AvgIpc) is 2.76. The number of nitrogens with one attached hydrogen (secondary N) is 1. The number of rotatable bonds is 5. The van der Waals surface area contributed by atoms with E-state index in [9.17, 15) is 0 Å². The second-order valence-electron chi connectivity index (χ2n) is 8.76. The fraction of sp³-hybridized carbons (Fsp3) is 0.161. The van der Waals surface area contributed by atoms with Gasteiger partial charge in [0.1, 0.15) is 0 Å². The molecule has 0 bridgehead atoms. The van der Waals surface area contributed by atoms with Gasteiger partial charge in [0, 0.05) is 11.4 Å². The lowest BCUT2D eigenvalue weighted by Crippen LogP contribution is -1.97. The summed E-state index contributed by atoms with van der Waals surface area (Å²) in [6, 6.07) is 30.5. The first kappa shape index (κ1) is 21.6. The minimum absolute atomic E-state index is 1.10. The van der Waals surface area contributed by atoms with Gasteiger partial charge in [0.2, 0.25) is 0 Å². The Balaban J connectivity index is 1.69. The Hall–Kier alpha value is -3.58. The van der Waals surface area contributed by atoms with Crippen molar-refractivity contribution in [3.8, 4) is 0 Å². The predicted molar refractivity (Wildman–Crippen MR) is 140 cm³/mol. The van der Waals surface area contributed by atoms with Crippen molar-refractivity contribution < 1.29 is 0 Å².